The molecule has 0 fully saturated rings. The summed E-state index contributed by atoms with van der Waals surface area (Å²) in [6.45, 7) is 0. The third-order valence-corrected chi connectivity index (χ3v) is 3.05. The highest BCUT2D eigenvalue weighted by Crippen LogP contribution is 2.20. The summed E-state index contributed by atoms with van der Waals surface area (Å²) < 4.78 is 1.78. The van der Waals surface area contributed by atoms with E-state index in [0.717, 1.165) is 17.1 Å². The molecular weight excluding hydrogens is 264 g/mol. The minimum absolute atomic E-state index is 0.441. The van der Waals surface area contributed by atoms with E-state index in [4.69, 9.17) is 5.73 Å². The molecule has 0 unspecified atom stereocenters. The molecule has 0 aliphatic heterocycles. The van der Waals surface area contributed by atoms with Gasteiger partial charge in [0.25, 0.3) is 0 Å². The molecular formula is C16H14N4O. The fourth-order valence-electron chi connectivity index (χ4n) is 2.06. The van der Waals surface area contributed by atoms with E-state index in [1.54, 1.807) is 29.1 Å². The first-order valence-corrected chi connectivity index (χ1v) is 6.49. The molecule has 0 saturated heterocycles. The highest BCUT2D eigenvalue weighted by Gasteiger charge is 2.03. The van der Waals surface area contributed by atoms with Gasteiger partial charge in [-0.25, -0.2) is 4.68 Å². The molecule has 5 nitrogen and oxygen atoms in total. The van der Waals surface area contributed by atoms with Gasteiger partial charge < -0.3 is 11.1 Å². The second-order valence-electron chi connectivity index (χ2n) is 4.57. The number of primary amides is 1. The predicted molar refractivity (Wildman–Crippen MR) is 81.8 cm³/mol. The first kappa shape index (κ1) is 12.9. The first-order valence-electron chi connectivity index (χ1n) is 6.49. The Bertz CT molecular complexity index is 765. The van der Waals surface area contributed by atoms with Crippen LogP contribution in [0.5, 0.6) is 0 Å². The van der Waals surface area contributed by atoms with Crippen molar-refractivity contribution in [1.82, 2.24) is 9.78 Å². The predicted octanol–water partition coefficient (Wildman–Crippen LogP) is 2.71. The van der Waals surface area contributed by atoms with Crippen LogP contribution in [0, 0.1) is 0 Å². The summed E-state index contributed by atoms with van der Waals surface area (Å²) >= 11 is 0. The molecule has 1 amide bonds. The molecule has 0 radical (unpaired) electrons. The van der Waals surface area contributed by atoms with E-state index in [1.807, 2.05) is 42.6 Å². The molecule has 0 spiro atoms. The highest BCUT2D eigenvalue weighted by atomic mass is 16.1. The van der Waals surface area contributed by atoms with Crippen molar-refractivity contribution in [2.75, 3.05) is 5.32 Å². The van der Waals surface area contributed by atoms with E-state index >= 15 is 0 Å². The van der Waals surface area contributed by atoms with Crippen molar-refractivity contribution in [2.24, 2.45) is 5.73 Å². The van der Waals surface area contributed by atoms with Crippen molar-refractivity contribution in [3.63, 3.8) is 0 Å². The number of nitrogens with zero attached hydrogens (tertiary/aromatic N) is 2. The van der Waals surface area contributed by atoms with Crippen LogP contribution in [0.3, 0.4) is 0 Å². The third kappa shape index (κ3) is 2.92. The lowest BCUT2D eigenvalue weighted by molar-refractivity contribution is 0.100. The maximum absolute atomic E-state index is 11.2. The van der Waals surface area contributed by atoms with Crippen LogP contribution in [0.25, 0.3) is 5.69 Å². The topological polar surface area (TPSA) is 72.9 Å². The van der Waals surface area contributed by atoms with Gasteiger partial charge in [0.15, 0.2) is 0 Å². The monoisotopic (exact) mass is 278 g/mol. The second-order valence-corrected chi connectivity index (χ2v) is 4.57. The van der Waals surface area contributed by atoms with Crippen LogP contribution in [0.1, 0.15) is 10.4 Å². The van der Waals surface area contributed by atoms with Gasteiger partial charge >= 0.3 is 0 Å². The van der Waals surface area contributed by atoms with Crippen molar-refractivity contribution in [2.45, 2.75) is 0 Å². The molecule has 1 heterocycles. The SMILES string of the molecule is NC(=O)c1cccc(Nc2cccc(-n3cccn3)c2)c1. The normalized spacial score (nSPS) is 10.3. The van der Waals surface area contributed by atoms with Crippen LogP contribution in [0.4, 0.5) is 11.4 Å². The summed E-state index contributed by atoms with van der Waals surface area (Å²) in [4.78, 5) is 11.2. The van der Waals surface area contributed by atoms with E-state index in [0.29, 0.717) is 5.56 Å². The molecule has 3 aromatic rings. The van der Waals surface area contributed by atoms with Crippen LogP contribution >= 0.6 is 0 Å². The van der Waals surface area contributed by atoms with Gasteiger partial charge in [0.1, 0.15) is 0 Å². The average molecular weight is 278 g/mol. The maximum atomic E-state index is 11.2. The average Bonchev–Trinajstić information content (AvgIpc) is 3.02. The quantitative estimate of drug-likeness (QED) is 0.770. The number of anilines is 2. The van der Waals surface area contributed by atoms with E-state index in [2.05, 4.69) is 10.4 Å². The zero-order chi connectivity index (χ0) is 14.7. The van der Waals surface area contributed by atoms with Gasteiger partial charge in [0, 0.05) is 29.3 Å². The Morgan fingerprint density at radius 2 is 1.81 bits per heavy atom. The third-order valence-electron chi connectivity index (χ3n) is 3.05. The number of aromatic nitrogens is 2. The first-order chi connectivity index (χ1) is 10.2. The molecule has 0 bridgehead atoms. The van der Waals surface area contributed by atoms with Crippen LogP contribution in [-0.2, 0) is 0 Å². The van der Waals surface area contributed by atoms with Gasteiger partial charge in [-0.1, -0.05) is 12.1 Å². The summed E-state index contributed by atoms with van der Waals surface area (Å²) in [5.41, 5.74) is 8.43. The maximum Gasteiger partial charge on any atom is 0.248 e. The van der Waals surface area contributed by atoms with Crippen molar-refractivity contribution < 1.29 is 4.79 Å². The van der Waals surface area contributed by atoms with Crippen molar-refractivity contribution in [1.29, 1.82) is 0 Å². The Morgan fingerprint density at radius 1 is 1.05 bits per heavy atom. The van der Waals surface area contributed by atoms with Crippen LogP contribution in [-0.4, -0.2) is 15.7 Å². The van der Waals surface area contributed by atoms with Crippen molar-refractivity contribution >= 4 is 17.3 Å². The molecule has 3 N–H and O–H groups in total. The highest BCUT2D eigenvalue weighted by molar-refractivity contribution is 5.93. The zero-order valence-corrected chi connectivity index (χ0v) is 11.2. The summed E-state index contributed by atoms with van der Waals surface area (Å²) in [6.07, 6.45) is 3.61. The number of amides is 1. The number of hydrogen-bond donors (Lipinski definition) is 2. The molecule has 1 aromatic heterocycles. The summed E-state index contributed by atoms with van der Waals surface area (Å²) in [5, 5.41) is 7.45. The van der Waals surface area contributed by atoms with Crippen LogP contribution < -0.4 is 11.1 Å². The smallest absolute Gasteiger partial charge is 0.248 e. The van der Waals surface area contributed by atoms with Crippen molar-refractivity contribution in [3.05, 3.63) is 72.6 Å². The molecule has 3 rings (SSSR count). The van der Waals surface area contributed by atoms with Crippen molar-refractivity contribution in [3.8, 4) is 5.69 Å². The largest absolute Gasteiger partial charge is 0.366 e. The fourth-order valence-corrected chi connectivity index (χ4v) is 2.06. The molecule has 5 heteroatoms. The minimum Gasteiger partial charge on any atom is -0.366 e. The number of hydrogen-bond acceptors (Lipinski definition) is 3. The van der Waals surface area contributed by atoms with Gasteiger partial charge in [-0.05, 0) is 42.5 Å². The number of rotatable bonds is 4. The molecule has 2 aromatic carbocycles. The zero-order valence-electron chi connectivity index (χ0n) is 11.2. The standard InChI is InChI=1S/C16H14N4O/c17-16(21)12-4-1-5-13(10-12)19-14-6-2-7-15(11-14)20-9-3-8-18-20/h1-11,19H,(H2,17,21). The fraction of sp³-hybridized carbons (Fsp3) is 0. The van der Waals surface area contributed by atoms with Crippen LogP contribution in [0.15, 0.2) is 67.0 Å². The number of nitrogens with one attached hydrogen (secondary N) is 1. The van der Waals surface area contributed by atoms with E-state index < -0.39 is 5.91 Å². The van der Waals surface area contributed by atoms with E-state index in [-0.39, 0.29) is 0 Å². The molecule has 104 valence electrons. The molecule has 0 saturated carbocycles. The molecule has 0 aliphatic rings. The van der Waals surface area contributed by atoms with E-state index in [1.165, 1.54) is 0 Å². The summed E-state index contributed by atoms with van der Waals surface area (Å²) in [5.74, 6) is -0.441. The molecule has 0 atom stereocenters. The number of nitrogens with two attached hydrogens (primary N) is 1. The van der Waals surface area contributed by atoms with Gasteiger partial charge in [0.2, 0.25) is 5.91 Å². The lowest BCUT2D eigenvalue weighted by atomic mass is 10.2. The number of benzene rings is 2. The number of carbonyl (C=O) groups is 1. The molecule has 0 aliphatic carbocycles. The number of carbonyl (C=O) groups excluding carboxylic acids is 1. The van der Waals surface area contributed by atoms with Crippen LogP contribution in [0.2, 0.25) is 0 Å². The molecule has 21 heavy (non-hydrogen) atoms. The Morgan fingerprint density at radius 3 is 2.52 bits per heavy atom. The Labute approximate surface area is 122 Å². The van der Waals surface area contributed by atoms with Gasteiger partial charge in [-0.3, -0.25) is 4.79 Å². The lowest BCUT2D eigenvalue weighted by Gasteiger charge is -2.09. The second kappa shape index (κ2) is 5.50. The lowest BCUT2D eigenvalue weighted by Crippen LogP contribution is -2.10. The van der Waals surface area contributed by atoms with Gasteiger partial charge in [0.05, 0.1) is 5.69 Å². The van der Waals surface area contributed by atoms with Gasteiger partial charge in [-0.2, -0.15) is 5.10 Å². The Hall–Kier alpha value is -3.08. The van der Waals surface area contributed by atoms with Gasteiger partial charge in [-0.15, -0.1) is 0 Å². The Kier molecular flexibility index (Phi) is 3.39. The minimum atomic E-state index is -0.441. The van der Waals surface area contributed by atoms with E-state index in [9.17, 15) is 4.79 Å². The summed E-state index contributed by atoms with van der Waals surface area (Å²) in [6, 6.07) is 16.8. The summed E-state index contributed by atoms with van der Waals surface area (Å²) in [7, 11) is 0. The Balaban J connectivity index is 1.87.